The summed E-state index contributed by atoms with van der Waals surface area (Å²) in [7, 11) is 0. The first kappa shape index (κ1) is 14.9. The Labute approximate surface area is 138 Å². The van der Waals surface area contributed by atoms with Gasteiger partial charge in [0.2, 0.25) is 11.0 Å². The van der Waals surface area contributed by atoms with Crippen LogP contribution in [0.25, 0.3) is 0 Å². The SMILES string of the molecule is Nc1nnc(S[C@@H](C(=O)Nc2nccs2)c2ccccc2)s1. The predicted octanol–water partition coefficient (Wildman–Crippen LogP) is 3.05. The average Bonchev–Trinajstić information content (AvgIpc) is 3.17. The number of rotatable bonds is 5. The van der Waals surface area contributed by atoms with Gasteiger partial charge in [0.05, 0.1) is 0 Å². The van der Waals surface area contributed by atoms with E-state index in [2.05, 4.69) is 20.5 Å². The van der Waals surface area contributed by atoms with Crippen LogP contribution in [0.1, 0.15) is 10.8 Å². The number of benzene rings is 1. The van der Waals surface area contributed by atoms with Crippen molar-refractivity contribution in [2.24, 2.45) is 0 Å². The number of nitrogens with two attached hydrogens (primary N) is 1. The maximum atomic E-state index is 12.6. The van der Waals surface area contributed by atoms with Crippen LogP contribution in [0.15, 0.2) is 46.2 Å². The maximum Gasteiger partial charge on any atom is 0.244 e. The van der Waals surface area contributed by atoms with E-state index in [9.17, 15) is 4.79 Å². The van der Waals surface area contributed by atoms with Crippen molar-refractivity contribution in [3.05, 3.63) is 47.5 Å². The number of aromatic nitrogens is 3. The van der Waals surface area contributed by atoms with E-state index in [0.717, 1.165) is 5.56 Å². The number of anilines is 2. The summed E-state index contributed by atoms with van der Waals surface area (Å²) >= 11 is 3.96. The van der Waals surface area contributed by atoms with Crippen LogP contribution in [-0.4, -0.2) is 21.1 Å². The minimum atomic E-state index is -0.447. The molecule has 2 heterocycles. The predicted molar refractivity (Wildman–Crippen MR) is 90.1 cm³/mol. The number of nitrogen functional groups attached to an aromatic ring is 1. The molecule has 0 aliphatic carbocycles. The largest absolute Gasteiger partial charge is 0.374 e. The summed E-state index contributed by atoms with van der Waals surface area (Å²) in [5, 5.41) is 12.9. The van der Waals surface area contributed by atoms with Gasteiger partial charge in [-0.3, -0.25) is 4.79 Å². The van der Waals surface area contributed by atoms with E-state index < -0.39 is 5.25 Å². The number of carbonyl (C=O) groups excluding carboxylic acids is 1. The molecule has 1 atom stereocenters. The van der Waals surface area contributed by atoms with Crippen LogP contribution in [0, 0.1) is 0 Å². The highest BCUT2D eigenvalue weighted by Gasteiger charge is 2.24. The molecule has 0 spiro atoms. The van der Waals surface area contributed by atoms with Crippen LogP contribution in [-0.2, 0) is 4.79 Å². The second-order valence-electron chi connectivity index (χ2n) is 4.14. The van der Waals surface area contributed by atoms with Crippen LogP contribution >= 0.6 is 34.4 Å². The lowest BCUT2D eigenvalue weighted by molar-refractivity contribution is -0.115. The molecule has 22 heavy (non-hydrogen) atoms. The zero-order valence-corrected chi connectivity index (χ0v) is 13.6. The lowest BCUT2D eigenvalue weighted by Crippen LogP contribution is -2.18. The lowest BCUT2D eigenvalue weighted by atomic mass is 10.1. The summed E-state index contributed by atoms with van der Waals surface area (Å²) in [5.41, 5.74) is 6.49. The Balaban J connectivity index is 1.83. The molecule has 9 heteroatoms. The first-order chi connectivity index (χ1) is 10.7. The van der Waals surface area contributed by atoms with Gasteiger partial charge in [0.1, 0.15) is 5.25 Å². The third-order valence-electron chi connectivity index (χ3n) is 2.64. The van der Waals surface area contributed by atoms with Gasteiger partial charge in [0.25, 0.3) is 0 Å². The molecule has 0 aliphatic heterocycles. The molecule has 3 aromatic rings. The minimum absolute atomic E-state index is 0.153. The van der Waals surface area contributed by atoms with Gasteiger partial charge in [-0.1, -0.05) is 53.4 Å². The molecule has 6 nitrogen and oxygen atoms in total. The zero-order chi connectivity index (χ0) is 15.4. The average molecular weight is 349 g/mol. The molecule has 0 saturated carbocycles. The number of amides is 1. The summed E-state index contributed by atoms with van der Waals surface area (Å²) in [6.45, 7) is 0. The summed E-state index contributed by atoms with van der Waals surface area (Å²) in [6.07, 6.45) is 1.65. The van der Waals surface area contributed by atoms with E-state index in [1.54, 1.807) is 6.20 Å². The van der Waals surface area contributed by atoms with Crippen LogP contribution in [0.5, 0.6) is 0 Å². The van der Waals surface area contributed by atoms with Gasteiger partial charge in [0.15, 0.2) is 9.47 Å². The van der Waals surface area contributed by atoms with E-state index in [1.807, 2.05) is 35.7 Å². The monoisotopic (exact) mass is 349 g/mol. The Bertz CT molecular complexity index is 744. The van der Waals surface area contributed by atoms with E-state index >= 15 is 0 Å². The Hall–Kier alpha value is -1.97. The van der Waals surface area contributed by atoms with Gasteiger partial charge in [-0.2, -0.15) is 0 Å². The van der Waals surface area contributed by atoms with Crippen molar-refractivity contribution in [1.82, 2.24) is 15.2 Å². The van der Waals surface area contributed by atoms with E-state index in [-0.39, 0.29) is 5.91 Å². The number of nitrogens with one attached hydrogen (secondary N) is 1. The van der Waals surface area contributed by atoms with Crippen molar-refractivity contribution in [2.45, 2.75) is 9.59 Å². The van der Waals surface area contributed by atoms with Gasteiger partial charge in [-0.15, -0.1) is 21.5 Å². The highest BCUT2D eigenvalue weighted by molar-refractivity contribution is 8.02. The Kier molecular flexibility index (Phi) is 4.66. The molecule has 112 valence electrons. The normalized spacial score (nSPS) is 12.0. The molecule has 0 bridgehead atoms. The number of hydrogen-bond donors (Lipinski definition) is 2. The highest BCUT2D eigenvalue weighted by Crippen LogP contribution is 2.38. The fourth-order valence-electron chi connectivity index (χ4n) is 1.73. The van der Waals surface area contributed by atoms with Crippen LogP contribution in [0.3, 0.4) is 0 Å². The molecule has 0 aliphatic rings. The molecule has 0 unspecified atom stereocenters. The molecule has 1 aromatic carbocycles. The smallest absolute Gasteiger partial charge is 0.244 e. The number of thiazole rings is 1. The van der Waals surface area contributed by atoms with E-state index in [1.165, 1.54) is 34.4 Å². The van der Waals surface area contributed by atoms with Gasteiger partial charge in [-0.05, 0) is 5.56 Å². The minimum Gasteiger partial charge on any atom is -0.374 e. The fraction of sp³-hybridized carbons (Fsp3) is 0.0769. The van der Waals surface area contributed by atoms with Crippen LogP contribution in [0.4, 0.5) is 10.3 Å². The topological polar surface area (TPSA) is 93.8 Å². The Morgan fingerprint density at radius 1 is 1.27 bits per heavy atom. The van der Waals surface area contributed by atoms with Gasteiger partial charge < -0.3 is 11.1 Å². The molecule has 2 aromatic heterocycles. The van der Waals surface area contributed by atoms with Gasteiger partial charge in [-0.25, -0.2) is 4.98 Å². The molecule has 1 amide bonds. The van der Waals surface area contributed by atoms with Crippen molar-refractivity contribution >= 4 is 50.6 Å². The summed E-state index contributed by atoms with van der Waals surface area (Å²) in [5.74, 6) is -0.153. The highest BCUT2D eigenvalue weighted by atomic mass is 32.2. The number of hydrogen-bond acceptors (Lipinski definition) is 8. The first-order valence-corrected chi connectivity index (χ1v) is 8.81. The summed E-state index contributed by atoms with van der Waals surface area (Å²) in [6, 6.07) is 9.52. The van der Waals surface area contributed by atoms with Gasteiger partial charge >= 0.3 is 0 Å². The second kappa shape index (κ2) is 6.86. The third kappa shape index (κ3) is 3.62. The standard InChI is InChI=1S/C13H11N5OS3/c14-11-17-18-13(22-11)21-9(8-4-2-1-3-5-8)10(19)16-12-15-6-7-20-12/h1-7,9H,(H2,14,17)(H,15,16,19)/t9-/m1/s1. The van der Waals surface area contributed by atoms with Crippen molar-refractivity contribution in [1.29, 1.82) is 0 Å². The molecular weight excluding hydrogens is 338 g/mol. The Morgan fingerprint density at radius 3 is 2.73 bits per heavy atom. The molecule has 3 N–H and O–H groups in total. The van der Waals surface area contributed by atoms with E-state index in [4.69, 9.17) is 5.73 Å². The fourth-order valence-corrected chi connectivity index (χ4v) is 4.09. The third-order valence-corrected chi connectivity index (χ3v) is 5.42. The molecule has 0 fully saturated rings. The maximum absolute atomic E-state index is 12.6. The molecule has 0 radical (unpaired) electrons. The number of thioether (sulfide) groups is 1. The summed E-state index contributed by atoms with van der Waals surface area (Å²) in [4.78, 5) is 16.7. The van der Waals surface area contributed by atoms with E-state index in [0.29, 0.717) is 14.6 Å². The van der Waals surface area contributed by atoms with Crippen molar-refractivity contribution in [3.8, 4) is 0 Å². The van der Waals surface area contributed by atoms with Crippen LogP contribution < -0.4 is 11.1 Å². The van der Waals surface area contributed by atoms with Crippen molar-refractivity contribution in [2.75, 3.05) is 11.1 Å². The molecular formula is C13H11N5OS3. The molecule has 0 saturated heterocycles. The quantitative estimate of drug-likeness (QED) is 0.688. The Morgan fingerprint density at radius 2 is 2.09 bits per heavy atom. The van der Waals surface area contributed by atoms with Crippen LogP contribution in [0.2, 0.25) is 0 Å². The van der Waals surface area contributed by atoms with Crippen molar-refractivity contribution in [3.63, 3.8) is 0 Å². The van der Waals surface area contributed by atoms with Crippen molar-refractivity contribution < 1.29 is 4.79 Å². The zero-order valence-electron chi connectivity index (χ0n) is 11.2. The summed E-state index contributed by atoms with van der Waals surface area (Å²) < 4.78 is 0.653. The first-order valence-electron chi connectivity index (χ1n) is 6.23. The second-order valence-corrected chi connectivity index (χ2v) is 7.40. The number of nitrogens with zero attached hydrogens (tertiary/aromatic N) is 3. The van der Waals surface area contributed by atoms with Gasteiger partial charge in [0, 0.05) is 11.6 Å². The lowest BCUT2D eigenvalue weighted by Gasteiger charge is -2.14. The molecule has 3 rings (SSSR count). The number of carbonyl (C=O) groups is 1.